The monoisotopic (exact) mass is 592 g/mol. The highest BCUT2D eigenvalue weighted by Crippen LogP contribution is 2.43. The number of hydrogen-bond donors (Lipinski definition) is 1. The third-order valence-corrected chi connectivity index (χ3v) is 7.88. The molecule has 14 heteroatoms. The van der Waals surface area contributed by atoms with Crippen LogP contribution < -0.4 is 19.7 Å². The van der Waals surface area contributed by atoms with E-state index in [2.05, 4.69) is 5.32 Å². The number of likely N-dealkylation sites (tertiary alicyclic amines) is 1. The number of anilines is 1. The van der Waals surface area contributed by atoms with Gasteiger partial charge in [-0.1, -0.05) is 13.8 Å². The van der Waals surface area contributed by atoms with Crippen molar-refractivity contribution in [3.05, 3.63) is 53.3 Å². The minimum atomic E-state index is -4.79. The maximum Gasteiger partial charge on any atom is 0.416 e. The molecule has 224 valence electrons. The van der Waals surface area contributed by atoms with Crippen LogP contribution in [0.5, 0.6) is 11.5 Å². The first-order valence-electron chi connectivity index (χ1n) is 13.2. The lowest BCUT2D eigenvalue weighted by atomic mass is 9.85. The standard InChI is InChI=1S/C28H28F4N4O6/c1-15(2)22(33-23(37)18-12-16(28(30,31)32)4-6-19(18)29)24(38)35-10-8-27(9-11-35)25(39)34(3)26(40)36(27)17-5-7-20-21(13-17)42-14-41-20/h4-7,12-13,15,22H,8-11,14H2,1-3H3,(H,33,37)/t22-/m1/s1. The zero-order valence-electron chi connectivity index (χ0n) is 23.0. The lowest BCUT2D eigenvalue weighted by molar-refractivity contribution is -0.139. The van der Waals surface area contributed by atoms with E-state index in [1.807, 2.05) is 0 Å². The number of imide groups is 1. The van der Waals surface area contributed by atoms with Gasteiger partial charge in [-0.3, -0.25) is 24.2 Å². The molecular weight excluding hydrogens is 564 g/mol. The number of carbonyl (C=O) groups excluding carboxylic acids is 4. The minimum Gasteiger partial charge on any atom is -0.454 e. The van der Waals surface area contributed by atoms with Gasteiger partial charge in [0.15, 0.2) is 11.5 Å². The highest BCUT2D eigenvalue weighted by molar-refractivity contribution is 6.17. The molecule has 3 heterocycles. The summed E-state index contributed by atoms with van der Waals surface area (Å²) in [6, 6.07) is 4.67. The van der Waals surface area contributed by atoms with Crippen LogP contribution >= 0.6 is 0 Å². The van der Waals surface area contributed by atoms with Gasteiger partial charge in [-0.25, -0.2) is 9.18 Å². The molecule has 42 heavy (non-hydrogen) atoms. The van der Waals surface area contributed by atoms with Gasteiger partial charge in [0.25, 0.3) is 11.8 Å². The molecule has 2 saturated heterocycles. The number of fused-ring (bicyclic) bond motifs is 1. The zero-order valence-corrected chi connectivity index (χ0v) is 23.0. The van der Waals surface area contributed by atoms with Gasteiger partial charge in [0.1, 0.15) is 17.4 Å². The van der Waals surface area contributed by atoms with Crippen LogP contribution in [0.15, 0.2) is 36.4 Å². The first kappa shape index (κ1) is 29.1. The average Bonchev–Trinajstić information content (AvgIpc) is 3.48. The summed E-state index contributed by atoms with van der Waals surface area (Å²) in [7, 11) is 1.38. The average molecular weight is 593 g/mol. The second kappa shape index (κ2) is 10.5. The Bertz CT molecular complexity index is 1450. The molecule has 0 bridgehead atoms. The molecular formula is C28H28F4N4O6. The number of alkyl halides is 3. The topological polar surface area (TPSA) is 108 Å². The molecule has 1 spiro atoms. The minimum absolute atomic E-state index is 0.0295. The SMILES string of the molecule is CC(C)[C@@H](NC(=O)c1cc(C(F)(F)F)ccc1F)C(=O)N1CCC2(CC1)C(=O)N(C)C(=O)N2c1ccc2c(c1)OCO2. The number of urea groups is 1. The Kier molecular flexibility index (Phi) is 7.27. The summed E-state index contributed by atoms with van der Waals surface area (Å²) in [6.45, 7) is 3.38. The van der Waals surface area contributed by atoms with Crippen LogP contribution in [0.1, 0.15) is 42.6 Å². The van der Waals surface area contributed by atoms with Crippen molar-refractivity contribution in [1.82, 2.24) is 15.1 Å². The number of carbonyl (C=O) groups is 4. The van der Waals surface area contributed by atoms with E-state index in [0.717, 1.165) is 4.90 Å². The fraction of sp³-hybridized carbons (Fsp3) is 0.429. The fourth-order valence-electron chi connectivity index (χ4n) is 5.55. The van der Waals surface area contributed by atoms with E-state index in [0.29, 0.717) is 35.4 Å². The van der Waals surface area contributed by atoms with Gasteiger partial charge in [-0.15, -0.1) is 0 Å². The third-order valence-electron chi connectivity index (χ3n) is 7.88. The normalized spacial score (nSPS) is 18.7. The van der Waals surface area contributed by atoms with Crippen molar-refractivity contribution >= 4 is 29.4 Å². The van der Waals surface area contributed by atoms with E-state index in [9.17, 15) is 36.7 Å². The largest absolute Gasteiger partial charge is 0.454 e. The molecule has 1 atom stereocenters. The molecule has 0 aromatic heterocycles. The van der Waals surface area contributed by atoms with Crippen molar-refractivity contribution in [1.29, 1.82) is 0 Å². The third kappa shape index (κ3) is 4.88. The Balaban J connectivity index is 1.34. The molecule has 0 unspecified atom stereocenters. The van der Waals surface area contributed by atoms with Crippen molar-refractivity contribution in [3.8, 4) is 11.5 Å². The maximum absolute atomic E-state index is 14.3. The van der Waals surface area contributed by atoms with Crippen LogP contribution in [0.2, 0.25) is 0 Å². The first-order chi connectivity index (χ1) is 19.7. The van der Waals surface area contributed by atoms with Gasteiger partial charge in [0.2, 0.25) is 12.7 Å². The number of hydrogen-bond acceptors (Lipinski definition) is 6. The fourth-order valence-corrected chi connectivity index (χ4v) is 5.55. The number of piperidine rings is 1. The number of nitrogens with one attached hydrogen (secondary N) is 1. The molecule has 0 saturated carbocycles. The number of nitrogens with zero attached hydrogens (tertiary/aromatic N) is 3. The number of rotatable bonds is 5. The second-order valence-electron chi connectivity index (χ2n) is 10.8. The van der Waals surface area contributed by atoms with Crippen LogP contribution in [0.25, 0.3) is 0 Å². The summed E-state index contributed by atoms with van der Waals surface area (Å²) in [5.41, 5.74) is -2.88. The van der Waals surface area contributed by atoms with Crippen LogP contribution in [-0.2, 0) is 15.8 Å². The summed E-state index contributed by atoms with van der Waals surface area (Å²) in [5, 5.41) is 2.39. The summed E-state index contributed by atoms with van der Waals surface area (Å²) in [5.74, 6) is -2.86. The molecule has 0 radical (unpaired) electrons. The van der Waals surface area contributed by atoms with Gasteiger partial charge < -0.3 is 19.7 Å². The molecule has 2 aromatic carbocycles. The summed E-state index contributed by atoms with van der Waals surface area (Å²) >= 11 is 0. The summed E-state index contributed by atoms with van der Waals surface area (Å²) in [6.07, 6.45) is -4.62. The molecule has 5 rings (SSSR count). The molecule has 3 aliphatic rings. The lowest BCUT2D eigenvalue weighted by Gasteiger charge is -2.43. The number of benzene rings is 2. The second-order valence-corrected chi connectivity index (χ2v) is 10.8. The molecule has 5 amide bonds. The van der Waals surface area contributed by atoms with E-state index >= 15 is 0 Å². The molecule has 10 nitrogen and oxygen atoms in total. The van der Waals surface area contributed by atoms with Crippen molar-refractivity contribution in [2.24, 2.45) is 5.92 Å². The zero-order chi connectivity index (χ0) is 30.6. The predicted molar refractivity (Wildman–Crippen MR) is 139 cm³/mol. The van der Waals surface area contributed by atoms with Crippen molar-refractivity contribution in [2.75, 3.05) is 31.8 Å². The van der Waals surface area contributed by atoms with Crippen LogP contribution in [-0.4, -0.2) is 72.1 Å². The number of likely N-dealkylation sites (N-methyl/N-ethyl adjacent to an activating group) is 1. The van der Waals surface area contributed by atoms with Crippen molar-refractivity contribution in [3.63, 3.8) is 0 Å². The molecule has 2 fully saturated rings. The van der Waals surface area contributed by atoms with Gasteiger partial charge >= 0.3 is 12.2 Å². The lowest BCUT2D eigenvalue weighted by Crippen LogP contribution is -2.60. The van der Waals surface area contributed by atoms with E-state index in [1.54, 1.807) is 32.0 Å². The van der Waals surface area contributed by atoms with Crippen LogP contribution in [0.4, 0.5) is 28.0 Å². The van der Waals surface area contributed by atoms with Crippen LogP contribution in [0, 0.1) is 11.7 Å². The predicted octanol–water partition coefficient (Wildman–Crippen LogP) is 3.79. The quantitative estimate of drug-likeness (QED) is 0.418. The Morgan fingerprint density at radius 2 is 1.67 bits per heavy atom. The molecule has 1 N–H and O–H groups in total. The van der Waals surface area contributed by atoms with Crippen molar-refractivity contribution < 1.29 is 46.2 Å². The van der Waals surface area contributed by atoms with Crippen LogP contribution in [0.3, 0.4) is 0 Å². The number of amides is 5. The maximum atomic E-state index is 14.3. The van der Waals surface area contributed by atoms with E-state index < -0.39 is 64.4 Å². The number of halogens is 4. The molecule has 2 aromatic rings. The Hall–Kier alpha value is -4.36. The Labute approximate surface area is 238 Å². The van der Waals surface area contributed by atoms with Gasteiger partial charge in [0, 0.05) is 26.2 Å². The molecule has 3 aliphatic heterocycles. The van der Waals surface area contributed by atoms with Gasteiger partial charge in [0.05, 0.1) is 16.8 Å². The Morgan fingerprint density at radius 1 is 1.00 bits per heavy atom. The first-order valence-corrected chi connectivity index (χ1v) is 13.2. The molecule has 0 aliphatic carbocycles. The van der Waals surface area contributed by atoms with E-state index in [-0.39, 0.29) is 32.7 Å². The van der Waals surface area contributed by atoms with Gasteiger partial charge in [-0.05, 0) is 49.1 Å². The number of ether oxygens (including phenoxy) is 2. The van der Waals surface area contributed by atoms with E-state index in [1.165, 1.54) is 16.8 Å². The van der Waals surface area contributed by atoms with Crippen molar-refractivity contribution in [2.45, 2.75) is 44.4 Å². The highest BCUT2D eigenvalue weighted by atomic mass is 19.4. The highest BCUT2D eigenvalue weighted by Gasteiger charge is 2.58. The summed E-state index contributed by atoms with van der Waals surface area (Å²) in [4.78, 5) is 56.8. The summed E-state index contributed by atoms with van der Waals surface area (Å²) < 4.78 is 64.5. The van der Waals surface area contributed by atoms with Gasteiger partial charge in [-0.2, -0.15) is 13.2 Å². The Morgan fingerprint density at radius 3 is 2.31 bits per heavy atom. The van der Waals surface area contributed by atoms with E-state index in [4.69, 9.17) is 9.47 Å². The smallest absolute Gasteiger partial charge is 0.416 e.